The number of nitrogen functional groups attached to an aromatic ring is 1. The zero-order chi connectivity index (χ0) is 12.5. The molecule has 3 N–H and O–H groups in total. The Bertz CT molecular complexity index is 686. The van der Waals surface area contributed by atoms with Gasteiger partial charge >= 0.3 is 0 Å². The lowest BCUT2D eigenvalue weighted by Crippen LogP contribution is -1.84. The molecule has 4 nitrogen and oxygen atoms in total. The summed E-state index contributed by atoms with van der Waals surface area (Å²) in [7, 11) is 1.66. The molecule has 4 heteroatoms. The number of hydrogen-bond acceptors (Lipinski definition) is 3. The Kier molecular flexibility index (Phi) is 2.41. The van der Waals surface area contributed by atoms with Crippen molar-refractivity contribution >= 4 is 17.0 Å². The summed E-state index contributed by atoms with van der Waals surface area (Å²) in [5.41, 5.74) is 9.69. The average molecular weight is 239 g/mol. The Balaban J connectivity index is 2.06. The molecule has 3 rings (SSSR count). The number of anilines is 1. The number of aromatic nitrogens is 2. The van der Waals surface area contributed by atoms with Crippen LogP contribution in [0.15, 0.2) is 42.5 Å². The second-order valence-electron chi connectivity index (χ2n) is 4.08. The molecule has 0 spiro atoms. The Morgan fingerprint density at radius 3 is 2.50 bits per heavy atom. The van der Waals surface area contributed by atoms with Crippen LogP contribution in [0.1, 0.15) is 0 Å². The molecule has 2 aromatic carbocycles. The first-order valence-electron chi connectivity index (χ1n) is 5.66. The van der Waals surface area contributed by atoms with Gasteiger partial charge in [0, 0.05) is 0 Å². The molecular formula is C14H13N3O. The summed E-state index contributed by atoms with van der Waals surface area (Å²) in [4.78, 5) is 7.23. The number of nitrogens with one attached hydrogen (secondary N) is 1. The van der Waals surface area contributed by atoms with Gasteiger partial charge in [-0.2, -0.15) is 0 Å². The van der Waals surface area contributed by atoms with Crippen molar-refractivity contribution in [3.63, 3.8) is 0 Å². The van der Waals surface area contributed by atoms with E-state index in [1.165, 1.54) is 0 Å². The topological polar surface area (TPSA) is 63.9 Å². The van der Waals surface area contributed by atoms with E-state index in [4.69, 9.17) is 10.5 Å². The van der Waals surface area contributed by atoms with Gasteiger partial charge in [0.15, 0.2) is 5.95 Å². The second kappa shape index (κ2) is 4.07. The number of rotatable bonds is 2. The molecule has 3 aromatic rings. The van der Waals surface area contributed by atoms with E-state index in [1.807, 2.05) is 42.5 Å². The predicted molar refractivity (Wildman–Crippen MR) is 72.5 cm³/mol. The molecule has 0 atom stereocenters. The van der Waals surface area contributed by atoms with Gasteiger partial charge in [-0.3, -0.25) is 0 Å². The fourth-order valence-corrected chi connectivity index (χ4v) is 1.99. The number of nitrogens with zero attached hydrogens (tertiary/aromatic N) is 1. The van der Waals surface area contributed by atoms with Gasteiger partial charge < -0.3 is 15.5 Å². The van der Waals surface area contributed by atoms with Gasteiger partial charge in [0.2, 0.25) is 0 Å². The molecule has 0 saturated heterocycles. The van der Waals surface area contributed by atoms with E-state index in [0.717, 1.165) is 27.9 Å². The molecule has 0 radical (unpaired) electrons. The third-order valence-electron chi connectivity index (χ3n) is 2.92. The lowest BCUT2D eigenvalue weighted by molar-refractivity contribution is 0.415. The van der Waals surface area contributed by atoms with E-state index in [-0.39, 0.29) is 0 Å². The van der Waals surface area contributed by atoms with Crippen LogP contribution < -0.4 is 10.5 Å². The molecular weight excluding hydrogens is 226 g/mol. The molecule has 0 amide bonds. The van der Waals surface area contributed by atoms with Crippen LogP contribution in [0.5, 0.6) is 5.75 Å². The van der Waals surface area contributed by atoms with Gasteiger partial charge in [0.05, 0.1) is 18.1 Å². The maximum Gasteiger partial charge on any atom is 0.198 e. The maximum atomic E-state index is 5.63. The highest BCUT2D eigenvalue weighted by atomic mass is 16.5. The van der Waals surface area contributed by atoms with Crippen molar-refractivity contribution in [3.05, 3.63) is 42.5 Å². The highest BCUT2D eigenvalue weighted by Crippen LogP contribution is 2.25. The van der Waals surface area contributed by atoms with Crippen molar-refractivity contribution in [2.24, 2.45) is 0 Å². The van der Waals surface area contributed by atoms with Gasteiger partial charge in [-0.05, 0) is 35.4 Å². The van der Waals surface area contributed by atoms with Gasteiger partial charge in [0.25, 0.3) is 0 Å². The smallest absolute Gasteiger partial charge is 0.198 e. The van der Waals surface area contributed by atoms with E-state index in [1.54, 1.807) is 7.11 Å². The summed E-state index contributed by atoms with van der Waals surface area (Å²) in [6, 6.07) is 14.0. The molecule has 0 aliphatic carbocycles. The van der Waals surface area contributed by atoms with Gasteiger partial charge in [0.1, 0.15) is 5.75 Å². The largest absolute Gasteiger partial charge is 0.497 e. The summed E-state index contributed by atoms with van der Waals surface area (Å²) in [6.07, 6.45) is 0. The van der Waals surface area contributed by atoms with Crippen molar-refractivity contribution in [1.29, 1.82) is 0 Å². The van der Waals surface area contributed by atoms with Crippen LogP contribution in [-0.2, 0) is 0 Å². The van der Waals surface area contributed by atoms with Crippen LogP contribution >= 0.6 is 0 Å². The molecule has 0 bridgehead atoms. The molecule has 90 valence electrons. The van der Waals surface area contributed by atoms with E-state index >= 15 is 0 Å². The number of aromatic amines is 1. The van der Waals surface area contributed by atoms with Crippen molar-refractivity contribution < 1.29 is 4.74 Å². The van der Waals surface area contributed by atoms with Gasteiger partial charge in [-0.15, -0.1) is 0 Å². The quantitative estimate of drug-likeness (QED) is 0.722. The van der Waals surface area contributed by atoms with Crippen LogP contribution in [0.2, 0.25) is 0 Å². The van der Waals surface area contributed by atoms with Crippen molar-refractivity contribution in [3.8, 4) is 16.9 Å². The molecule has 0 unspecified atom stereocenters. The fraction of sp³-hybridized carbons (Fsp3) is 0.0714. The number of imidazole rings is 1. The van der Waals surface area contributed by atoms with Crippen LogP contribution in [0, 0.1) is 0 Å². The normalized spacial score (nSPS) is 10.7. The van der Waals surface area contributed by atoms with Crippen molar-refractivity contribution in [2.45, 2.75) is 0 Å². The second-order valence-corrected chi connectivity index (χ2v) is 4.08. The van der Waals surface area contributed by atoms with E-state index < -0.39 is 0 Å². The molecule has 0 fully saturated rings. The Morgan fingerprint density at radius 1 is 1.06 bits per heavy atom. The lowest BCUT2D eigenvalue weighted by atomic mass is 10.1. The van der Waals surface area contributed by atoms with Crippen LogP contribution in [0.25, 0.3) is 22.2 Å². The van der Waals surface area contributed by atoms with Crippen LogP contribution in [0.3, 0.4) is 0 Å². The van der Waals surface area contributed by atoms with Crippen LogP contribution in [-0.4, -0.2) is 17.1 Å². The molecule has 0 aliphatic rings. The van der Waals surface area contributed by atoms with Crippen molar-refractivity contribution in [2.75, 3.05) is 12.8 Å². The summed E-state index contributed by atoms with van der Waals surface area (Å²) in [5, 5.41) is 0. The molecule has 18 heavy (non-hydrogen) atoms. The number of ether oxygens (including phenoxy) is 1. The number of fused-ring (bicyclic) bond motifs is 1. The van der Waals surface area contributed by atoms with Crippen molar-refractivity contribution in [1.82, 2.24) is 9.97 Å². The maximum absolute atomic E-state index is 5.63. The number of H-pyrrole nitrogens is 1. The Labute approximate surface area is 104 Å². The third kappa shape index (κ3) is 1.78. The number of benzene rings is 2. The molecule has 0 aliphatic heterocycles. The minimum absolute atomic E-state index is 0.442. The van der Waals surface area contributed by atoms with E-state index in [2.05, 4.69) is 9.97 Å². The fourth-order valence-electron chi connectivity index (χ4n) is 1.99. The first kappa shape index (κ1) is 10.7. The predicted octanol–water partition coefficient (Wildman–Crippen LogP) is 2.82. The minimum atomic E-state index is 0.442. The first-order valence-corrected chi connectivity index (χ1v) is 5.66. The standard InChI is InChI=1S/C14H13N3O/c1-18-11-5-2-9(3-6-11)10-4-7-12-13(8-10)17-14(15)16-12/h2-8H,1H3,(H3,15,16,17). The van der Waals surface area contributed by atoms with Gasteiger partial charge in [-0.25, -0.2) is 4.98 Å². The Morgan fingerprint density at radius 2 is 1.78 bits per heavy atom. The first-order chi connectivity index (χ1) is 8.76. The number of methoxy groups -OCH3 is 1. The van der Waals surface area contributed by atoms with E-state index in [0.29, 0.717) is 5.95 Å². The lowest BCUT2D eigenvalue weighted by Gasteiger charge is -2.03. The highest BCUT2D eigenvalue weighted by molar-refractivity contribution is 5.83. The molecule has 1 aromatic heterocycles. The molecule has 1 heterocycles. The van der Waals surface area contributed by atoms with Gasteiger partial charge in [-0.1, -0.05) is 18.2 Å². The highest BCUT2D eigenvalue weighted by Gasteiger charge is 2.03. The number of nitrogens with two attached hydrogens (primary N) is 1. The monoisotopic (exact) mass is 239 g/mol. The summed E-state index contributed by atoms with van der Waals surface area (Å²) in [5.74, 6) is 1.29. The van der Waals surface area contributed by atoms with E-state index in [9.17, 15) is 0 Å². The zero-order valence-corrected chi connectivity index (χ0v) is 9.97. The summed E-state index contributed by atoms with van der Waals surface area (Å²) < 4.78 is 5.14. The zero-order valence-electron chi connectivity index (χ0n) is 9.97. The third-order valence-corrected chi connectivity index (χ3v) is 2.92. The van der Waals surface area contributed by atoms with Crippen LogP contribution in [0.4, 0.5) is 5.95 Å². The number of hydrogen-bond donors (Lipinski definition) is 2. The minimum Gasteiger partial charge on any atom is -0.497 e. The summed E-state index contributed by atoms with van der Waals surface area (Å²) >= 11 is 0. The SMILES string of the molecule is COc1ccc(-c2ccc3[nH]c(N)nc3c2)cc1. The molecule has 0 saturated carbocycles. The average Bonchev–Trinajstić information content (AvgIpc) is 2.78. The Hall–Kier alpha value is -2.49. The summed E-state index contributed by atoms with van der Waals surface area (Å²) in [6.45, 7) is 0.